The van der Waals surface area contributed by atoms with Crippen LogP contribution in [0.3, 0.4) is 0 Å². The molecule has 0 heterocycles. The van der Waals surface area contributed by atoms with E-state index in [2.05, 4.69) is 24.6 Å². The Kier molecular flexibility index (Phi) is 5.16. The third kappa shape index (κ3) is 3.52. The first kappa shape index (κ1) is 13.9. The number of allylic oxidation sites excluding steroid dienone is 4. The van der Waals surface area contributed by atoms with E-state index in [1.54, 1.807) is 5.31 Å². The van der Waals surface area contributed by atoms with Crippen LogP contribution in [0.1, 0.15) is 70.6 Å². The summed E-state index contributed by atoms with van der Waals surface area (Å²) in [5.41, 5.74) is 2.11. The molecule has 0 saturated heterocycles. The molecule has 0 bridgehead atoms. The van der Waals surface area contributed by atoms with E-state index in [0.717, 1.165) is 11.3 Å². The van der Waals surface area contributed by atoms with E-state index in [-0.39, 0.29) is 7.92 Å². The molecule has 2 fully saturated rings. The van der Waals surface area contributed by atoms with E-state index >= 15 is 0 Å². The molecule has 3 aliphatic carbocycles. The largest absolute Gasteiger partial charge is 0.0839 e. The van der Waals surface area contributed by atoms with E-state index < -0.39 is 0 Å². The van der Waals surface area contributed by atoms with Gasteiger partial charge >= 0.3 is 0 Å². The Bertz CT molecular complexity index is 312. The molecule has 0 N–H and O–H groups in total. The van der Waals surface area contributed by atoms with Crippen molar-refractivity contribution in [1.82, 2.24) is 0 Å². The van der Waals surface area contributed by atoms with Crippen molar-refractivity contribution < 1.29 is 0 Å². The van der Waals surface area contributed by atoms with Gasteiger partial charge in [0.1, 0.15) is 0 Å². The van der Waals surface area contributed by atoms with Gasteiger partial charge in [0.2, 0.25) is 0 Å². The van der Waals surface area contributed by atoms with Crippen molar-refractivity contribution in [2.45, 2.75) is 81.9 Å². The SMILES string of the molecule is [CH]1CC=CC=C1P(C1CCCCC1)C1CCCCC1. The highest BCUT2D eigenvalue weighted by Crippen LogP contribution is 2.62. The highest BCUT2D eigenvalue weighted by molar-refractivity contribution is 7.63. The van der Waals surface area contributed by atoms with E-state index in [9.17, 15) is 0 Å². The summed E-state index contributed by atoms with van der Waals surface area (Å²) in [6.07, 6.45) is 25.9. The fourth-order valence-corrected chi connectivity index (χ4v) is 7.99. The van der Waals surface area contributed by atoms with Gasteiger partial charge in [0.15, 0.2) is 0 Å². The fourth-order valence-electron chi connectivity index (χ4n) is 4.13. The van der Waals surface area contributed by atoms with Crippen LogP contribution in [0.5, 0.6) is 0 Å². The fraction of sp³-hybridized carbons (Fsp3) is 0.722. The zero-order valence-corrected chi connectivity index (χ0v) is 13.1. The van der Waals surface area contributed by atoms with Crippen LogP contribution in [0, 0.1) is 6.42 Å². The lowest BCUT2D eigenvalue weighted by molar-refractivity contribution is 0.486. The van der Waals surface area contributed by atoms with Crippen molar-refractivity contribution in [3.8, 4) is 0 Å². The first-order valence-electron chi connectivity index (χ1n) is 8.43. The van der Waals surface area contributed by atoms with E-state index in [0.29, 0.717) is 0 Å². The predicted octanol–water partition coefficient (Wildman–Crippen LogP) is 6.18. The maximum atomic E-state index is 2.55. The molecule has 0 nitrogen and oxygen atoms in total. The Morgan fingerprint density at radius 3 is 1.84 bits per heavy atom. The monoisotopic (exact) mass is 275 g/mol. The van der Waals surface area contributed by atoms with E-state index in [4.69, 9.17) is 0 Å². The Morgan fingerprint density at radius 2 is 1.37 bits per heavy atom. The molecule has 0 unspecified atom stereocenters. The third-order valence-electron chi connectivity index (χ3n) is 5.10. The summed E-state index contributed by atoms with van der Waals surface area (Å²) in [4.78, 5) is 0. The van der Waals surface area contributed by atoms with Crippen molar-refractivity contribution in [3.05, 3.63) is 30.0 Å². The van der Waals surface area contributed by atoms with Gasteiger partial charge in [-0.05, 0) is 55.2 Å². The van der Waals surface area contributed by atoms with Gasteiger partial charge in [-0.25, -0.2) is 0 Å². The van der Waals surface area contributed by atoms with Crippen molar-refractivity contribution in [2.24, 2.45) is 0 Å². The maximum Gasteiger partial charge on any atom is -0.00504 e. The highest BCUT2D eigenvalue weighted by Gasteiger charge is 2.33. The summed E-state index contributed by atoms with van der Waals surface area (Å²) in [6.45, 7) is 0. The topological polar surface area (TPSA) is 0 Å². The normalized spacial score (nSPS) is 26.7. The number of hydrogen-bond donors (Lipinski definition) is 0. The Morgan fingerprint density at radius 1 is 0.789 bits per heavy atom. The molecule has 0 aliphatic heterocycles. The molecule has 1 radical (unpaired) electrons. The zero-order chi connectivity index (χ0) is 12.9. The van der Waals surface area contributed by atoms with Crippen LogP contribution in [0.25, 0.3) is 0 Å². The van der Waals surface area contributed by atoms with Gasteiger partial charge in [0, 0.05) is 0 Å². The third-order valence-corrected chi connectivity index (χ3v) is 8.63. The number of rotatable bonds is 3. The van der Waals surface area contributed by atoms with Crippen LogP contribution in [0.2, 0.25) is 0 Å². The molecule has 0 spiro atoms. The summed E-state index contributed by atoms with van der Waals surface area (Å²) in [7, 11) is 0.139. The van der Waals surface area contributed by atoms with Crippen molar-refractivity contribution >= 4 is 7.92 Å². The average molecular weight is 275 g/mol. The minimum absolute atomic E-state index is 0.139. The Hall–Kier alpha value is -0.0900. The molecule has 19 heavy (non-hydrogen) atoms. The standard InChI is InChI=1S/C18H28P/c1-4-10-16(11-5-1)19(17-12-6-2-7-13-17)18-14-8-3-9-15-18/h1,4,10-11,17-18H,2-3,5-9,12-15H2. The zero-order valence-electron chi connectivity index (χ0n) is 12.2. The molecule has 0 atom stereocenters. The average Bonchev–Trinajstić information content (AvgIpc) is 2.51. The lowest BCUT2D eigenvalue weighted by atomic mass is 9.99. The molecule has 3 aliphatic rings. The molecule has 0 aromatic rings. The van der Waals surface area contributed by atoms with Gasteiger partial charge in [-0.2, -0.15) is 0 Å². The van der Waals surface area contributed by atoms with E-state index in [1.807, 2.05) is 0 Å². The molecule has 1 heteroatoms. The summed E-state index contributed by atoms with van der Waals surface area (Å²) in [5.74, 6) is 0. The quantitative estimate of drug-likeness (QED) is 0.539. The molecule has 0 aromatic heterocycles. The molecule has 105 valence electrons. The van der Waals surface area contributed by atoms with Gasteiger partial charge in [0.25, 0.3) is 0 Å². The molecule has 0 aromatic carbocycles. The van der Waals surface area contributed by atoms with Crippen molar-refractivity contribution in [2.75, 3.05) is 0 Å². The van der Waals surface area contributed by atoms with Crippen LogP contribution in [0.15, 0.2) is 23.5 Å². The number of hydrogen-bond acceptors (Lipinski definition) is 0. The van der Waals surface area contributed by atoms with E-state index in [1.165, 1.54) is 70.6 Å². The molecule has 3 rings (SSSR count). The van der Waals surface area contributed by atoms with Crippen LogP contribution in [-0.2, 0) is 0 Å². The van der Waals surface area contributed by atoms with Gasteiger partial charge in [-0.15, -0.1) is 0 Å². The molecule has 2 saturated carbocycles. The van der Waals surface area contributed by atoms with Crippen LogP contribution in [0.4, 0.5) is 0 Å². The molecular weight excluding hydrogens is 247 g/mol. The van der Waals surface area contributed by atoms with Gasteiger partial charge in [-0.1, -0.05) is 64.7 Å². The Labute approximate surface area is 120 Å². The highest BCUT2D eigenvalue weighted by atomic mass is 31.1. The van der Waals surface area contributed by atoms with Gasteiger partial charge in [0.05, 0.1) is 0 Å². The van der Waals surface area contributed by atoms with Gasteiger partial charge in [-0.3, -0.25) is 0 Å². The summed E-state index contributed by atoms with van der Waals surface area (Å²) in [6, 6.07) is 0. The second kappa shape index (κ2) is 7.07. The van der Waals surface area contributed by atoms with Gasteiger partial charge < -0.3 is 0 Å². The van der Waals surface area contributed by atoms with Crippen LogP contribution in [-0.4, -0.2) is 11.3 Å². The molecular formula is C18H28P. The predicted molar refractivity (Wildman–Crippen MR) is 86.8 cm³/mol. The van der Waals surface area contributed by atoms with Crippen molar-refractivity contribution in [1.29, 1.82) is 0 Å². The summed E-state index contributed by atoms with van der Waals surface area (Å²) in [5, 5.41) is 1.76. The second-order valence-corrected chi connectivity index (χ2v) is 9.24. The van der Waals surface area contributed by atoms with Crippen molar-refractivity contribution in [3.63, 3.8) is 0 Å². The van der Waals surface area contributed by atoms with Crippen LogP contribution < -0.4 is 0 Å². The van der Waals surface area contributed by atoms with Crippen LogP contribution >= 0.6 is 7.92 Å². The lowest BCUT2D eigenvalue weighted by Crippen LogP contribution is -2.21. The first-order chi connectivity index (χ1) is 9.45. The lowest BCUT2D eigenvalue weighted by Gasteiger charge is -2.40. The minimum atomic E-state index is 0.139. The summed E-state index contributed by atoms with van der Waals surface area (Å²) >= 11 is 0. The molecule has 0 amide bonds. The second-order valence-electron chi connectivity index (χ2n) is 6.45. The minimum Gasteiger partial charge on any atom is -0.0839 e. The smallest absolute Gasteiger partial charge is 0.00504 e. The maximum absolute atomic E-state index is 2.55. The Balaban J connectivity index is 1.76. The first-order valence-corrected chi connectivity index (χ1v) is 9.91. The summed E-state index contributed by atoms with van der Waals surface area (Å²) < 4.78 is 0.